The molecule has 1 heterocycles. The molecule has 1 aliphatic rings. The van der Waals surface area contributed by atoms with Crippen LogP contribution in [0.15, 0.2) is 60.7 Å². The first kappa shape index (κ1) is 28.9. The third kappa shape index (κ3) is 7.94. The molecule has 198 valence electrons. The van der Waals surface area contributed by atoms with Crippen molar-refractivity contribution < 1.29 is 4.57 Å². The molecule has 1 saturated heterocycles. The molecule has 5 nitrogen and oxygen atoms in total. The predicted molar refractivity (Wildman–Crippen MR) is 153 cm³/mol. The van der Waals surface area contributed by atoms with Crippen molar-refractivity contribution in [3.63, 3.8) is 0 Å². The first-order valence-corrected chi connectivity index (χ1v) is 14.5. The summed E-state index contributed by atoms with van der Waals surface area (Å²) >= 11 is 0. The zero-order valence-electron chi connectivity index (χ0n) is 23.8. The van der Waals surface area contributed by atoms with Gasteiger partial charge >= 0.3 is 8.10 Å². The molecule has 2 aromatic carbocycles. The highest BCUT2D eigenvalue weighted by Gasteiger charge is 2.54. The minimum atomic E-state index is -1.62. The molecule has 2 aromatic rings. The molecule has 0 saturated carbocycles. The average molecular weight is 512 g/mol. The van der Waals surface area contributed by atoms with E-state index in [0.717, 1.165) is 39.3 Å². The standard InChI is InChI=1S/C30H48N4OP/c1-29(2,3)27(23-31(7)21-25-15-11-9-12-16-25)33-19-20-34(36(33)35)28(30(4,5)6)24-32(8)22-26-17-13-10-14-18-26/h9-18,27-28H,19-24H2,1-8H3/q+1/t27-,28-/m1/s1. The normalized spacial score (nSPS) is 17.8. The highest BCUT2D eigenvalue weighted by atomic mass is 31.1. The Morgan fingerprint density at radius 2 is 1.03 bits per heavy atom. The Labute approximate surface area is 221 Å². The van der Waals surface area contributed by atoms with E-state index < -0.39 is 8.10 Å². The topological polar surface area (TPSA) is 30.0 Å². The van der Waals surface area contributed by atoms with Gasteiger partial charge in [0.25, 0.3) is 0 Å². The molecule has 1 aliphatic heterocycles. The molecule has 3 rings (SSSR count). The molecule has 0 spiro atoms. The Balaban J connectivity index is 1.72. The molecule has 0 aliphatic carbocycles. The van der Waals surface area contributed by atoms with Gasteiger partial charge in [0.1, 0.15) is 0 Å². The number of nitrogens with zero attached hydrogens (tertiary/aromatic N) is 4. The minimum absolute atomic E-state index is 0.0211. The molecule has 0 radical (unpaired) electrons. The van der Waals surface area contributed by atoms with Crippen LogP contribution in [0.3, 0.4) is 0 Å². The van der Waals surface area contributed by atoms with Gasteiger partial charge in [0.2, 0.25) is 0 Å². The summed E-state index contributed by atoms with van der Waals surface area (Å²) in [5.41, 5.74) is 2.67. The Kier molecular flexibility index (Phi) is 9.87. The summed E-state index contributed by atoms with van der Waals surface area (Å²) in [5, 5.41) is 0. The van der Waals surface area contributed by atoms with Gasteiger partial charge in [-0.3, -0.25) is 0 Å². The Hall–Kier alpha value is -1.62. The zero-order valence-corrected chi connectivity index (χ0v) is 24.7. The number of likely N-dealkylation sites (N-methyl/N-ethyl adjacent to an activating group) is 2. The average Bonchev–Trinajstić information content (AvgIpc) is 3.16. The van der Waals surface area contributed by atoms with Crippen molar-refractivity contribution in [3.05, 3.63) is 71.8 Å². The fourth-order valence-corrected chi connectivity index (χ4v) is 7.35. The lowest BCUT2D eigenvalue weighted by Crippen LogP contribution is -2.47. The molecule has 0 aromatic heterocycles. The van der Waals surface area contributed by atoms with Crippen molar-refractivity contribution in [2.75, 3.05) is 40.3 Å². The van der Waals surface area contributed by atoms with Crippen LogP contribution in [0.1, 0.15) is 52.7 Å². The molecule has 1 fully saturated rings. The van der Waals surface area contributed by atoms with Gasteiger partial charge in [-0.15, -0.1) is 0 Å². The fraction of sp³-hybridized carbons (Fsp3) is 0.600. The second-order valence-corrected chi connectivity index (χ2v) is 14.2. The highest BCUT2D eigenvalue weighted by molar-refractivity contribution is 7.39. The van der Waals surface area contributed by atoms with Crippen LogP contribution in [0.5, 0.6) is 0 Å². The van der Waals surface area contributed by atoms with E-state index in [-0.39, 0.29) is 22.9 Å². The lowest BCUT2D eigenvalue weighted by atomic mass is 9.86. The molecule has 36 heavy (non-hydrogen) atoms. The molecule has 0 bridgehead atoms. The van der Waals surface area contributed by atoms with Gasteiger partial charge in [-0.05, 0) is 40.6 Å². The Bertz CT molecular complexity index is 877. The van der Waals surface area contributed by atoms with Gasteiger partial charge in [0.15, 0.2) is 0 Å². The van der Waals surface area contributed by atoms with Gasteiger partial charge in [-0.2, -0.15) is 0 Å². The lowest BCUT2D eigenvalue weighted by Gasteiger charge is -2.36. The second kappa shape index (κ2) is 12.3. The van der Waals surface area contributed by atoms with Crippen molar-refractivity contribution in [3.8, 4) is 0 Å². The molecular formula is C30H48N4OP+. The van der Waals surface area contributed by atoms with Gasteiger partial charge in [0.05, 0.1) is 25.2 Å². The van der Waals surface area contributed by atoms with Crippen LogP contribution in [0.25, 0.3) is 0 Å². The van der Waals surface area contributed by atoms with Crippen LogP contribution in [0.4, 0.5) is 0 Å². The van der Waals surface area contributed by atoms with E-state index in [9.17, 15) is 4.57 Å². The van der Waals surface area contributed by atoms with E-state index in [1.165, 1.54) is 11.1 Å². The number of benzene rings is 2. The summed E-state index contributed by atoms with van der Waals surface area (Å²) in [4.78, 5) is 4.76. The van der Waals surface area contributed by atoms with E-state index in [1.807, 2.05) is 0 Å². The number of hydrogen-bond donors (Lipinski definition) is 0. The van der Waals surface area contributed by atoms with Crippen LogP contribution in [-0.2, 0) is 17.7 Å². The van der Waals surface area contributed by atoms with E-state index in [4.69, 9.17) is 0 Å². The van der Waals surface area contributed by atoms with Gasteiger partial charge in [-0.25, -0.2) is 0 Å². The smallest absolute Gasteiger partial charge is 0.300 e. The third-order valence-corrected chi connectivity index (χ3v) is 9.11. The van der Waals surface area contributed by atoms with E-state index in [2.05, 4.69) is 135 Å². The van der Waals surface area contributed by atoms with Gasteiger partial charge in [-0.1, -0.05) is 112 Å². The van der Waals surface area contributed by atoms with E-state index in [1.54, 1.807) is 0 Å². The van der Waals surface area contributed by atoms with Crippen molar-refractivity contribution in [1.29, 1.82) is 0 Å². The summed E-state index contributed by atoms with van der Waals surface area (Å²) < 4.78 is 18.7. The second-order valence-electron chi connectivity index (χ2n) is 12.7. The largest absolute Gasteiger partial charge is 0.538 e. The number of hydrogen-bond acceptors (Lipinski definition) is 3. The molecule has 6 heteroatoms. The Morgan fingerprint density at radius 3 is 1.33 bits per heavy atom. The summed E-state index contributed by atoms with van der Waals surface area (Å²) in [5.74, 6) is 0. The van der Waals surface area contributed by atoms with Crippen LogP contribution in [0, 0.1) is 10.8 Å². The summed E-state index contributed by atoms with van der Waals surface area (Å²) in [6, 6.07) is 21.7. The quantitative estimate of drug-likeness (QED) is 0.347. The van der Waals surface area contributed by atoms with Gasteiger partial charge in [0, 0.05) is 26.2 Å². The summed E-state index contributed by atoms with van der Waals surface area (Å²) in [6.45, 7) is 19.0. The molecule has 0 unspecified atom stereocenters. The van der Waals surface area contributed by atoms with E-state index >= 15 is 0 Å². The SMILES string of the molecule is CN(Cc1ccccc1)C[C@@H](N1CCN([C@H](CN(C)Cc2ccccc2)C(C)(C)C)[P+]1=O)C(C)(C)C. The highest BCUT2D eigenvalue weighted by Crippen LogP contribution is 2.47. The van der Waals surface area contributed by atoms with E-state index in [0.29, 0.717) is 0 Å². The fourth-order valence-electron chi connectivity index (χ4n) is 5.21. The maximum Gasteiger partial charge on any atom is 0.538 e. The van der Waals surface area contributed by atoms with Gasteiger partial charge < -0.3 is 9.80 Å². The summed E-state index contributed by atoms with van der Waals surface area (Å²) in [6.07, 6.45) is 0. The zero-order chi connectivity index (χ0) is 26.5. The third-order valence-electron chi connectivity index (χ3n) is 7.28. The van der Waals surface area contributed by atoms with Crippen LogP contribution < -0.4 is 0 Å². The molecular weight excluding hydrogens is 463 g/mol. The maximum atomic E-state index is 14.1. The van der Waals surface area contributed by atoms with Crippen LogP contribution in [0.2, 0.25) is 0 Å². The minimum Gasteiger partial charge on any atom is -0.300 e. The van der Waals surface area contributed by atoms with Crippen molar-refractivity contribution in [2.45, 2.75) is 66.7 Å². The first-order chi connectivity index (χ1) is 16.9. The predicted octanol–water partition coefficient (Wildman–Crippen LogP) is 6.35. The molecule has 2 atom stereocenters. The maximum absolute atomic E-state index is 14.1. The lowest BCUT2D eigenvalue weighted by molar-refractivity contribution is 0.135. The monoisotopic (exact) mass is 511 g/mol. The van der Waals surface area contributed by atoms with Crippen molar-refractivity contribution in [1.82, 2.24) is 19.1 Å². The van der Waals surface area contributed by atoms with Crippen molar-refractivity contribution in [2.24, 2.45) is 10.8 Å². The Morgan fingerprint density at radius 1 is 0.694 bits per heavy atom. The first-order valence-electron chi connectivity index (χ1n) is 13.3. The van der Waals surface area contributed by atoms with Crippen LogP contribution in [-0.4, -0.2) is 71.5 Å². The number of rotatable bonds is 10. The summed E-state index contributed by atoms with van der Waals surface area (Å²) in [7, 11) is 2.75. The molecule has 0 N–H and O–H groups in total. The van der Waals surface area contributed by atoms with Crippen LogP contribution >= 0.6 is 8.10 Å². The van der Waals surface area contributed by atoms with Crippen molar-refractivity contribution >= 4 is 8.10 Å². The molecule has 0 amide bonds.